The van der Waals surface area contributed by atoms with Gasteiger partial charge in [0, 0.05) is 45.6 Å². The zero-order valence-electron chi connectivity index (χ0n) is 15.0. The van der Waals surface area contributed by atoms with Gasteiger partial charge in [-0.2, -0.15) is 0 Å². The van der Waals surface area contributed by atoms with E-state index in [-0.39, 0.29) is 30.0 Å². The van der Waals surface area contributed by atoms with Gasteiger partial charge in [0.25, 0.3) is 5.56 Å². The largest absolute Gasteiger partial charge is 0.383 e. The standard InChI is InChI=1S/C18H25N3O5/c1-25-11-7-19-17(24)18-6-10-26-14(18)5-9-21(13-18)16(23)12-20-8-3-2-4-15(20)22/h2-4,8,14H,5-7,9-13H2,1H3,(H,19,24)/t14-,18-/m1/s1. The van der Waals surface area contributed by atoms with Gasteiger partial charge >= 0.3 is 0 Å². The summed E-state index contributed by atoms with van der Waals surface area (Å²) in [4.78, 5) is 39.0. The number of carbonyl (C=O) groups is 2. The lowest BCUT2D eigenvalue weighted by molar-refractivity contribution is -0.146. The Hall–Kier alpha value is -2.19. The molecule has 3 heterocycles. The fourth-order valence-corrected chi connectivity index (χ4v) is 3.76. The van der Waals surface area contributed by atoms with Crippen LogP contribution in [-0.4, -0.2) is 67.3 Å². The molecule has 0 aliphatic carbocycles. The minimum Gasteiger partial charge on any atom is -0.383 e. The molecule has 142 valence electrons. The van der Waals surface area contributed by atoms with E-state index in [4.69, 9.17) is 9.47 Å². The van der Waals surface area contributed by atoms with Crippen molar-refractivity contribution in [3.05, 3.63) is 34.7 Å². The van der Waals surface area contributed by atoms with E-state index in [1.807, 2.05) is 0 Å². The number of hydrogen-bond donors (Lipinski definition) is 1. The third-order valence-corrected chi connectivity index (χ3v) is 5.22. The third kappa shape index (κ3) is 3.66. The number of ether oxygens (including phenoxy) is 2. The number of nitrogens with one attached hydrogen (secondary N) is 1. The first-order valence-electron chi connectivity index (χ1n) is 8.89. The molecule has 2 aliphatic heterocycles. The van der Waals surface area contributed by atoms with E-state index in [2.05, 4.69) is 5.32 Å². The Kier molecular flexibility index (Phi) is 5.73. The minimum atomic E-state index is -0.719. The fourth-order valence-electron chi connectivity index (χ4n) is 3.76. The number of piperidine rings is 1. The van der Waals surface area contributed by atoms with Crippen molar-refractivity contribution in [3.8, 4) is 0 Å². The molecule has 2 amide bonds. The van der Waals surface area contributed by atoms with E-state index < -0.39 is 5.41 Å². The SMILES string of the molecule is COCCNC(=O)[C@@]12CCO[C@@H]1CCN(C(=O)Cn1ccccc1=O)C2. The number of nitrogens with zero attached hydrogens (tertiary/aromatic N) is 2. The molecule has 2 saturated heterocycles. The first-order chi connectivity index (χ1) is 12.6. The topological polar surface area (TPSA) is 89.9 Å². The number of rotatable bonds is 6. The molecule has 1 N–H and O–H groups in total. The number of pyridine rings is 1. The Bertz CT molecular complexity index is 719. The highest BCUT2D eigenvalue weighted by Gasteiger charge is 2.53. The second kappa shape index (κ2) is 8.01. The van der Waals surface area contributed by atoms with Crippen LogP contribution in [-0.2, 0) is 25.6 Å². The van der Waals surface area contributed by atoms with Crippen LogP contribution in [0, 0.1) is 5.41 Å². The molecule has 0 spiro atoms. The van der Waals surface area contributed by atoms with Crippen molar-refractivity contribution in [2.24, 2.45) is 5.41 Å². The van der Waals surface area contributed by atoms with Crippen molar-refractivity contribution in [1.29, 1.82) is 0 Å². The molecule has 8 heteroatoms. The summed E-state index contributed by atoms with van der Waals surface area (Å²) in [6, 6.07) is 4.79. The molecule has 8 nitrogen and oxygen atoms in total. The molecule has 1 aromatic heterocycles. The number of likely N-dealkylation sites (tertiary alicyclic amines) is 1. The van der Waals surface area contributed by atoms with Crippen LogP contribution in [0.2, 0.25) is 0 Å². The smallest absolute Gasteiger partial charge is 0.250 e. The number of amides is 2. The summed E-state index contributed by atoms with van der Waals surface area (Å²) in [5, 5.41) is 2.90. The zero-order chi connectivity index (χ0) is 18.6. The van der Waals surface area contributed by atoms with Crippen molar-refractivity contribution in [3.63, 3.8) is 0 Å². The highest BCUT2D eigenvalue weighted by Crippen LogP contribution is 2.41. The molecule has 0 saturated carbocycles. The normalized spacial score (nSPS) is 25.0. The monoisotopic (exact) mass is 363 g/mol. The molecule has 0 radical (unpaired) electrons. The molecule has 2 aliphatic rings. The Morgan fingerprint density at radius 1 is 1.42 bits per heavy atom. The summed E-state index contributed by atoms with van der Waals surface area (Å²) in [5.41, 5.74) is -0.935. The van der Waals surface area contributed by atoms with E-state index in [1.165, 1.54) is 10.6 Å². The van der Waals surface area contributed by atoms with E-state index >= 15 is 0 Å². The molecule has 0 unspecified atom stereocenters. The average molecular weight is 363 g/mol. The van der Waals surface area contributed by atoms with Crippen molar-refractivity contribution in [1.82, 2.24) is 14.8 Å². The van der Waals surface area contributed by atoms with Gasteiger partial charge < -0.3 is 24.3 Å². The molecule has 2 atom stereocenters. The molecule has 3 rings (SSSR count). The summed E-state index contributed by atoms with van der Waals surface area (Å²) >= 11 is 0. The predicted octanol–water partition coefficient (Wildman–Crippen LogP) is -0.381. The molecule has 0 bridgehead atoms. The molecule has 26 heavy (non-hydrogen) atoms. The van der Waals surface area contributed by atoms with E-state index in [0.29, 0.717) is 45.7 Å². The number of carbonyl (C=O) groups excluding carboxylic acids is 2. The second-order valence-electron chi connectivity index (χ2n) is 6.79. The van der Waals surface area contributed by atoms with Crippen LogP contribution in [0.15, 0.2) is 29.2 Å². The van der Waals surface area contributed by atoms with Gasteiger partial charge in [0.1, 0.15) is 6.54 Å². The molecular weight excluding hydrogens is 338 g/mol. The first-order valence-corrected chi connectivity index (χ1v) is 8.89. The van der Waals surface area contributed by atoms with Crippen molar-refractivity contribution in [2.75, 3.05) is 40.0 Å². The Balaban J connectivity index is 1.70. The van der Waals surface area contributed by atoms with Crippen LogP contribution in [0.25, 0.3) is 0 Å². The molecule has 1 aromatic rings. The third-order valence-electron chi connectivity index (χ3n) is 5.22. The quantitative estimate of drug-likeness (QED) is 0.696. The summed E-state index contributed by atoms with van der Waals surface area (Å²) in [6.45, 7) is 2.20. The Morgan fingerprint density at radius 2 is 2.27 bits per heavy atom. The van der Waals surface area contributed by atoms with Crippen molar-refractivity contribution < 1.29 is 19.1 Å². The Morgan fingerprint density at radius 3 is 3.04 bits per heavy atom. The minimum absolute atomic E-state index is 0.0213. The maximum Gasteiger partial charge on any atom is 0.250 e. The van der Waals surface area contributed by atoms with Gasteiger partial charge in [0.2, 0.25) is 11.8 Å². The van der Waals surface area contributed by atoms with E-state index in [0.717, 1.165) is 0 Å². The lowest BCUT2D eigenvalue weighted by Gasteiger charge is -2.42. The summed E-state index contributed by atoms with van der Waals surface area (Å²) < 4.78 is 12.1. The number of hydrogen-bond acceptors (Lipinski definition) is 5. The van der Waals surface area contributed by atoms with Gasteiger partial charge in [-0.1, -0.05) is 6.07 Å². The van der Waals surface area contributed by atoms with Crippen LogP contribution in [0.3, 0.4) is 0 Å². The van der Waals surface area contributed by atoms with Crippen LogP contribution in [0.4, 0.5) is 0 Å². The fraction of sp³-hybridized carbons (Fsp3) is 0.611. The maximum atomic E-state index is 12.8. The summed E-state index contributed by atoms with van der Waals surface area (Å²) in [6.07, 6.45) is 2.63. The van der Waals surface area contributed by atoms with Gasteiger partial charge in [-0.05, 0) is 18.9 Å². The maximum absolute atomic E-state index is 12.8. The van der Waals surface area contributed by atoms with Crippen LogP contribution < -0.4 is 10.9 Å². The Labute approximate surface area is 152 Å². The second-order valence-corrected chi connectivity index (χ2v) is 6.79. The highest BCUT2D eigenvalue weighted by atomic mass is 16.5. The van der Waals surface area contributed by atoms with Gasteiger partial charge in [-0.25, -0.2) is 0 Å². The van der Waals surface area contributed by atoms with Crippen molar-refractivity contribution in [2.45, 2.75) is 25.5 Å². The van der Waals surface area contributed by atoms with E-state index in [1.54, 1.807) is 30.3 Å². The molecular formula is C18H25N3O5. The van der Waals surface area contributed by atoms with Gasteiger partial charge in [-0.3, -0.25) is 14.4 Å². The average Bonchev–Trinajstić information content (AvgIpc) is 3.08. The number of fused-ring (bicyclic) bond motifs is 1. The zero-order valence-corrected chi connectivity index (χ0v) is 15.0. The van der Waals surface area contributed by atoms with Crippen LogP contribution in [0.5, 0.6) is 0 Å². The highest BCUT2D eigenvalue weighted by molar-refractivity contribution is 5.85. The number of methoxy groups -OCH3 is 1. The van der Waals surface area contributed by atoms with Gasteiger partial charge in [-0.15, -0.1) is 0 Å². The van der Waals surface area contributed by atoms with Gasteiger partial charge in [0.05, 0.1) is 18.1 Å². The lowest BCUT2D eigenvalue weighted by atomic mass is 9.75. The van der Waals surface area contributed by atoms with Crippen LogP contribution in [0.1, 0.15) is 12.8 Å². The first kappa shape index (κ1) is 18.6. The summed E-state index contributed by atoms with van der Waals surface area (Å²) in [5.74, 6) is -0.251. The van der Waals surface area contributed by atoms with Crippen LogP contribution >= 0.6 is 0 Å². The molecule has 2 fully saturated rings. The molecule has 0 aromatic carbocycles. The predicted molar refractivity (Wildman–Crippen MR) is 93.6 cm³/mol. The van der Waals surface area contributed by atoms with Gasteiger partial charge in [0.15, 0.2) is 0 Å². The number of aromatic nitrogens is 1. The van der Waals surface area contributed by atoms with Crippen molar-refractivity contribution >= 4 is 11.8 Å². The van der Waals surface area contributed by atoms with E-state index in [9.17, 15) is 14.4 Å². The lowest BCUT2D eigenvalue weighted by Crippen LogP contribution is -2.59. The summed E-state index contributed by atoms with van der Waals surface area (Å²) in [7, 11) is 1.58.